The summed E-state index contributed by atoms with van der Waals surface area (Å²) in [6.45, 7) is 11.2. The lowest BCUT2D eigenvalue weighted by molar-refractivity contribution is 0.277. The third-order valence-corrected chi connectivity index (χ3v) is 4.44. The average molecular weight is 252 g/mol. The molecule has 4 nitrogen and oxygen atoms in total. The molecular formula is C14H28N4. The minimum absolute atomic E-state index is 0.715. The second-order valence-electron chi connectivity index (χ2n) is 5.92. The number of hydrogen-bond acceptors (Lipinski definition) is 2. The fraction of sp³-hybridized carbons (Fsp3) is 0.929. The minimum Gasteiger partial charge on any atom is -0.370 e. The summed E-state index contributed by atoms with van der Waals surface area (Å²) in [4.78, 5) is 9.37. The van der Waals surface area contributed by atoms with Crippen LogP contribution in [0.2, 0.25) is 0 Å². The Morgan fingerprint density at radius 1 is 1.22 bits per heavy atom. The SMILES string of the molecule is CCN1CCC(CN=C(N)N2CCC(C)CC2)C1. The fourth-order valence-corrected chi connectivity index (χ4v) is 2.91. The summed E-state index contributed by atoms with van der Waals surface area (Å²) in [7, 11) is 0. The highest BCUT2D eigenvalue weighted by Crippen LogP contribution is 2.17. The van der Waals surface area contributed by atoms with Gasteiger partial charge in [0.1, 0.15) is 0 Å². The van der Waals surface area contributed by atoms with Crippen LogP contribution in [0.1, 0.15) is 33.1 Å². The van der Waals surface area contributed by atoms with Crippen molar-refractivity contribution in [3.05, 3.63) is 0 Å². The van der Waals surface area contributed by atoms with Crippen LogP contribution in [-0.2, 0) is 0 Å². The van der Waals surface area contributed by atoms with Gasteiger partial charge in [0.05, 0.1) is 0 Å². The number of hydrogen-bond donors (Lipinski definition) is 1. The van der Waals surface area contributed by atoms with Gasteiger partial charge in [0.25, 0.3) is 0 Å². The van der Waals surface area contributed by atoms with Crippen molar-refractivity contribution < 1.29 is 0 Å². The second-order valence-corrected chi connectivity index (χ2v) is 5.92. The highest BCUT2D eigenvalue weighted by molar-refractivity contribution is 5.78. The van der Waals surface area contributed by atoms with Gasteiger partial charge in [-0.2, -0.15) is 0 Å². The molecule has 0 aliphatic carbocycles. The van der Waals surface area contributed by atoms with Gasteiger partial charge in [-0.15, -0.1) is 0 Å². The summed E-state index contributed by atoms with van der Waals surface area (Å²) < 4.78 is 0. The van der Waals surface area contributed by atoms with Crippen molar-refractivity contribution in [1.29, 1.82) is 0 Å². The predicted molar refractivity (Wildman–Crippen MR) is 76.7 cm³/mol. The molecule has 0 radical (unpaired) electrons. The van der Waals surface area contributed by atoms with Crippen molar-refractivity contribution in [3.63, 3.8) is 0 Å². The molecule has 0 bridgehead atoms. The number of nitrogens with two attached hydrogens (primary N) is 1. The molecule has 0 aromatic heterocycles. The van der Waals surface area contributed by atoms with E-state index in [0.717, 1.165) is 31.5 Å². The Morgan fingerprint density at radius 2 is 1.94 bits per heavy atom. The minimum atomic E-state index is 0.715. The highest BCUT2D eigenvalue weighted by atomic mass is 15.3. The quantitative estimate of drug-likeness (QED) is 0.609. The lowest BCUT2D eigenvalue weighted by Gasteiger charge is -2.31. The molecular weight excluding hydrogens is 224 g/mol. The van der Waals surface area contributed by atoms with Crippen molar-refractivity contribution in [1.82, 2.24) is 9.80 Å². The summed E-state index contributed by atoms with van der Waals surface area (Å²) in [6.07, 6.45) is 3.79. The van der Waals surface area contributed by atoms with Crippen molar-refractivity contribution in [2.45, 2.75) is 33.1 Å². The van der Waals surface area contributed by atoms with Crippen LogP contribution in [0.25, 0.3) is 0 Å². The van der Waals surface area contributed by atoms with Crippen molar-refractivity contribution >= 4 is 5.96 Å². The van der Waals surface area contributed by atoms with E-state index in [9.17, 15) is 0 Å². The van der Waals surface area contributed by atoms with E-state index in [4.69, 9.17) is 5.73 Å². The molecule has 104 valence electrons. The zero-order valence-corrected chi connectivity index (χ0v) is 11.9. The summed E-state index contributed by atoms with van der Waals surface area (Å²) in [5, 5.41) is 0. The van der Waals surface area contributed by atoms with Gasteiger partial charge in [0.2, 0.25) is 0 Å². The van der Waals surface area contributed by atoms with Gasteiger partial charge in [-0.1, -0.05) is 13.8 Å². The number of nitrogens with zero attached hydrogens (tertiary/aromatic N) is 3. The van der Waals surface area contributed by atoms with Gasteiger partial charge in [-0.05, 0) is 44.2 Å². The maximum atomic E-state index is 6.10. The van der Waals surface area contributed by atoms with Gasteiger partial charge in [0.15, 0.2) is 5.96 Å². The first-order valence-electron chi connectivity index (χ1n) is 7.46. The number of guanidine groups is 1. The molecule has 0 aromatic rings. The van der Waals surface area contributed by atoms with Gasteiger partial charge in [-0.25, -0.2) is 0 Å². The third kappa shape index (κ3) is 3.61. The second kappa shape index (κ2) is 6.41. The molecule has 0 amide bonds. The Morgan fingerprint density at radius 3 is 2.56 bits per heavy atom. The van der Waals surface area contributed by atoms with Crippen LogP contribution in [0.4, 0.5) is 0 Å². The number of likely N-dealkylation sites (tertiary alicyclic amines) is 2. The number of rotatable bonds is 3. The first-order chi connectivity index (χ1) is 8.69. The molecule has 0 aromatic carbocycles. The van der Waals surface area contributed by atoms with E-state index in [0.29, 0.717) is 5.92 Å². The number of piperidine rings is 1. The summed E-state index contributed by atoms with van der Waals surface area (Å²) in [5.74, 6) is 2.34. The van der Waals surface area contributed by atoms with Crippen LogP contribution in [0.5, 0.6) is 0 Å². The molecule has 2 fully saturated rings. The van der Waals surface area contributed by atoms with Crippen LogP contribution >= 0.6 is 0 Å². The zero-order chi connectivity index (χ0) is 13.0. The highest BCUT2D eigenvalue weighted by Gasteiger charge is 2.21. The molecule has 0 saturated carbocycles. The Balaban J connectivity index is 1.75. The topological polar surface area (TPSA) is 44.9 Å². The summed E-state index contributed by atoms with van der Waals surface area (Å²) in [6, 6.07) is 0. The van der Waals surface area contributed by atoms with Crippen LogP contribution in [0.15, 0.2) is 4.99 Å². The molecule has 2 rings (SSSR count). The lowest BCUT2D eigenvalue weighted by atomic mass is 10.00. The van der Waals surface area contributed by atoms with Crippen LogP contribution in [-0.4, -0.2) is 55.0 Å². The zero-order valence-electron chi connectivity index (χ0n) is 11.9. The smallest absolute Gasteiger partial charge is 0.191 e. The largest absolute Gasteiger partial charge is 0.370 e. The molecule has 2 N–H and O–H groups in total. The third-order valence-electron chi connectivity index (χ3n) is 4.44. The van der Waals surface area contributed by atoms with E-state index >= 15 is 0 Å². The van der Waals surface area contributed by atoms with Crippen LogP contribution in [0, 0.1) is 11.8 Å². The van der Waals surface area contributed by atoms with Gasteiger partial charge in [0, 0.05) is 26.2 Å². The van der Waals surface area contributed by atoms with E-state index in [1.807, 2.05) is 0 Å². The summed E-state index contributed by atoms with van der Waals surface area (Å²) in [5.41, 5.74) is 6.10. The molecule has 18 heavy (non-hydrogen) atoms. The van der Waals surface area contributed by atoms with Gasteiger partial charge >= 0.3 is 0 Å². The monoisotopic (exact) mass is 252 g/mol. The Hall–Kier alpha value is -0.770. The Labute approximate surface area is 111 Å². The molecule has 2 saturated heterocycles. The van der Waals surface area contributed by atoms with Gasteiger partial charge < -0.3 is 15.5 Å². The van der Waals surface area contributed by atoms with Crippen molar-refractivity contribution in [3.8, 4) is 0 Å². The van der Waals surface area contributed by atoms with Crippen LogP contribution < -0.4 is 5.73 Å². The first-order valence-corrected chi connectivity index (χ1v) is 7.46. The van der Waals surface area contributed by atoms with E-state index < -0.39 is 0 Å². The number of aliphatic imine (C=N–C) groups is 1. The van der Waals surface area contributed by atoms with Crippen molar-refractivity contribution in [2.75, 3.05) is 39.3 Å². The molecule has 2 aliphatic rings. The molecule has 2 aliphatic heterocycles. The molecule has 2 heterocycles. The van der Waals surface area contributed by atoms with E-state index in [-0.39, 0.29) is 0 Å². The van der Waals surface area contributed by atoms with Crippen LogP contribution in [0.3, 0.4) is 0 Å². The van der Waals surface area contributed by atoms with E-state index in [2.05, 4.69) is 28.6 Å². The molecule has 4 heteroatoms. The maximum absolute atomic E-state index is 6.10. The molecule has 1 unspecified atom stereocenters. The molecule has 1 atom stereocenters. The summed E-state index contributed by atoms with van der Waals surface area (Å²) >= 11 is 0. The van der Waals surface area contributed by atoms with Crippen molar-refractivity contribution in [2.24, 2.45) is 22.6 Å². The van der Waals surface area contributed by atoms with E-state index in [1.165, 1.54) is 38.9 Å². The predicted octanol–water partition coefficient (Wildman–Crippen LogP) is 1.37. The Bertz CT molecular complexity index is 282. The standard InChI is InChI=1S/C14H28N4/c1-3-17-7-6-13(11-17)10-16-14(15)18-8-4-12(2)5-9-18/h12-13H,3-11H2,1-2H3,(H2,15,16). The lowest BCUT2D eigenvalue weighted by Crippen LogP contribution is -2.42. The molecule has 0 spiro atoms. The average Bonchev–Trinajstić information content (AvgIpc) is 2.85. The Kier molecular flexibility index (Phi) is 4.87. The van der Waals surface area contributed by atoms with Gasteiger partial charge in [-0.3, -0.25) is 4.99 Å². The van der Waals surface area contributed by atoms with E-state index in [1.54, 1.807) is 0 Å². The fourth-order valence-electron chi connectivity index (χ4n) is 2.91. The first kappa shape index (κ1) is 13.7. The normalized spacial score (nSPS) is 28.0. The maximum Gasteiger partial charge on any atom is 0.191 e.